The monoisotopic (exact) mass is 486 g/mol. The number of fused-ring (bicyclic) bond motifs is 1. The first kappa shape index (κ1) is 22.9. The van der Waals surface area contributed by atoms with E-state index in [1.165, 1.54) is 23.1 Å². The van der Waals surface area contributed by atoms with E-state index in [9.17, 15) is 9.59 Å². The van der Waals surface area contributed by atoms with Crippen LogP contribution in [0.1, 0.15) is 25.2 Å². The molecular formula is C20H22N8O3S2. The molecule has 2 aliphatic rings. The number of carbonyl (C=O) groups excluding carboxylic acids is 2. The van der Waals surface area contributed by atoms with Crippen LogP contribution in [-0.2, 0) is 16.0 Å². The maximum absolute atomic E-state index is 12.1. The molecule has 0 radical (unpaired) electrons. The second-order valence-electron chi connectivity index (χ2n) is 7.09. The molecule has 13 heteroatoms. The number of aryl methyl sites for hydroxylation is 1. The Morgan fingerprint density at radius 2 is 2.18 bits per heavy atom. The number of amides is 2. The molecule has 0 bridgehead atoms. The number of carbonyl (C=O) groups is 2. The molecule has 0 aromatic carbocycles. The molecule has 3 heterocycles. The highest BCUT2D eigenvalue weighted by Crippen LogP contribution is 2.34. The van der Waals surface area contributed by atoms with Gasteiger partial charge in [-0.2, -0.15) is 4.98 Å². The van der Waals surface area contributed by atoms with Gasteiger partial charge < -0.3 is 20.9 Å². The number of nitrogens with zero attached hydrogens (tertiary/aromatic N) is 5. The zero-order valence-electron chi connectivity index (χ0n) is 17.8. The number of nitrogens with one attached hydrogen (secondary N) is 2. The summed E-state index contributed by atoms with van der Waals surface area (Å²) in [5, 5.41) is 17.6. The van der Waals surface area contributed by atoms with Crippen LogP contribution in [0.2, 0.25) is 0 Å². The number of nitrogen functional groups attached to an aromatic ring is 1. The number of allylic oxidation sites excluding steroid dienone is 3. The van der Waals surface area contributed by atoms with Gasteiger partial charge in [0.2, 0.25) is 17.6 Å². The molecule has 1 aliphatic carbocycles. The topological polar surface area (TPSA) is 161 Å². The van der Waals surface area contributed by atoms with Gasteiger partial charge in [0.05, 0.1) is 5.57 Å². The molecule has 0 saturated heterocycles. The fourth-order valence-electron chi connectivity index (χ4n) is 3.18. The molecule has 0 spiro atoms. The van der Waals surface area contributed by atoms with E-state index in [0.29, 0.717) is 66.2 Å². The Morgan fingerprint density at radius 1 is 1.30 bits per heavy atom. The third-order valence-electron chi connectivity index (χ3n) is 4.82. The van der Waals surface area contributed by atoms with Gasteiger partial charge in [0.25, 0.3) is 5.91 Å². The summed E-state index contributed by atoms with van der Waals surface area (Å²) in [6.07, 6.45) is 9.37. The number of anilines is 1. The summed E-state index contributed by atoms with van der Waals surface area (Å²) in [6.45, 7) is 1.09. The van der Waals surface area contributed by atoms with Crippen LogP contribution in [0.4, 0.5) is 5.82 Å². The van der Waals surface area contributed by atoms with Crippen molar-refractivity contribution in [1.82, 2.24) is 25.8 Å². The molecule has 0 unspecified atom stereocenters. The molecule has 172 valence electrons. The van der Waals surface area contributed by atoms with Gasteiger partial charge in [-0.05, 0) is 25.2 Å². The Labute approximate surface area is 197 Å². The van der Waals surface area contributed by atoms with Crippen molar-refractivity contribution in [3.63, 3.8) is 0 Å². The van der Waals surface area contributed by atoms with Gasteiger partial charge in [0.1, 0.15) is 10.7 Å². The first-order chi connectivity index (χ1) is 16.0. The summed E-state index contributed by atoms with van der Waals surface area (Å²) in [5.41, 5.74) is 7.34. The Hall–Kier alpha value is -3.32. The first-order valence-corrected chi connectivity index (χ1v) is 12.3. The lowest BCUT2D eigenvalue weighted by atomic mass is 9.97. The van der Waals surface area contributed by atoms with Crippen LogP contribution < -0.4 is 16.4 Å². The Kier molecular flexibility index (Phi) is 7.29. The average molecular weight is 487 g/mol. The summed E-state index contributed by atoms with van der Waals surface area (Å²) >= 11 is 2.90. The average Bonchev–Trinajstić information content (AvgIpc) is 3.45. The van der Waals surface area contributed by atoms with Crippen molar-refractivity contribution in [2.45, 2.75) is 30.0 Å². The van der Waals surface area contributed by atoms with E-state index in [2.05, 4.69) is 36.0 Å². The Morgan fingerprint density at radius 3 is 3.00 bits per heavy atom. The number of hydrogen-bond acceptors (Lipinski definition) is 11. The summed E-state index contributed by atoms with van der Waals surface area (Å²) in [7, 11) is 0. The van der Waals surface area contributed by atoms with Gasteiger partial charge in [-0.1, -0.05) is 29.1 Å². The largest absolute Gasteiger partial charge is 0.382 e. The van der Waals surface area contributed by atoms with Crippen LogP contribution in [0, 0.1) is 0 Å². The SMILES string of the molecule is CSc1nc(N)c(-c2noc(CCC(=O)NCCCNC3=C4CC=CC=C4C(=O)N=N3)n2)s1. The lowest BCUT2D eigenvalue weighted by Gasteiger charge is -2.18. The molecule has 0 fully saturated rings. The second kappa shape index (κ2) is 10.5. The molecule has 4 rings (SSSR count). The highest BCUT2D eigenvalue weighted by atomic mass is 32.2. The fourth-order valence-corrected chi connectivity index (χ4v) is 4.59. The van der Waals surface area contributed by atoms with Gasteiger partial charge in [0.15, 0.2) is 10.2 Å². The van der Waals surface area contributed by atoms with Crippen LogP contribution in [0.5, 0.6) is 0 Å². The van der Waals surface area contributed by atoms with E-state index in [0.717, 1.165) is 9.91 Å². The molecule has 0 atom stereocenters. The van der Waals surface area contributed by atoms with E-state index in [-0.39, 0.29) is 18.2 Å². The van der Waals surface area contributed by atoms with Gasteiger partial charge in [-0.25, -0.2) is 4.98 Å². The fraction of sp³-hybridized carbons (Fsp3) is 0.350. The highest BCUT2D eigenvalue weighted by Gasteiger charge is 2.23. The van der Waals surface area contributed by atoms with Gasteiger partial charge >= 0.3 is 0 Å². The normalized spacial score (nSPS) is 14.9. The van der Waals surface area contributed by atoms with Crippen molar-refractivity contribution in [3.05, 3.63) is 41.1 Å². The minimum Gasteiger partial charge on any atom is -0.382 e. The second-order valence-corrected chi connectivity index (χ2v) is 9.14. The molecule has 4 N–H and O–H groups in total. The molecule has 11 nitrogen and oxygen atoms in total. The zero-order valence-corrected chi connectivity index (χ0v) is 19.5. The van der Waals surface area contributed by atoms with Crippen LogP contribution in [0.15, 0.2) is 54.3 Å². The predicted molar refractivity (Wildman–Crippen MR) is 124 cm³/mol. The number of thiazole rings is 1. The summed E-state index contributed by atoms with van der Waals surface area (Å²) in [4.78, 5) is 33.1. The Bertz CT molecular complexity index is 1180. The molecule has 2 aromatic rings. The van der Waals surface area contributed by atoms with E-state index >= 15 is 0 Å². The number of thioether (sulfide) groups is 1. The van der Waals surface area contributed by atoms with Crippen molar-refractivity contribution in [1.29, 1.82) is 0 Å². The lowest BCUT2D eigenvalue weighted by Crippen LogP contribution is -2.28. The summed E-state index contributed by atoms with van der Waals surface area (Å²) in [5.74, 6) is 1.31. The standard InChI is InChI=1S/C20H22N8O3S2/c1-32-20-25-16(21)15(33-20)18-24-14(31-28-18)8-7-13(29)22-9-4-10-23-17-11-5-2-3-6-12(11)19(30)27-26-17/h2-3,6,23H,4-5,7-10,21H2,1H3,(H,22,29). The minimum absolute atomic E-state index is 0.107. The molecular weight excluding hydrogens is 464 g/mol. The Balaban J connectivity index is 1.17. The number of aromatic nitrogens is 3. The quantitative estimate of drug-likeness (QED) is 0.338. The van der Waals surface area contributed by atoms with Crippen LogP contribution in [-0.4, -0.2) is 46.3 Å². The van der Waals surface area contributed by atoms with Crippen molar-refractivity contribution >= 4 is 40.7 Å². The number of rotatable bonds is 10. The molecule has 1 aliphatic heterocycles. The van der Waals surface area contributed by atoms with E-state index in [1.54, 1.807) is 6.08 Å². The van der Waals surface area contributed by atoms with Crippen molar-refractivity contribution in [3.8, 4) is 10.7 Å². The molecule has 33 heavy (non-hydrogen) atoms. The van der Waals surface area contributed by atoms with Gasteiger partial charge in [0, 0.05) is 31.5 Å². The summed E-state index contributed by atoms with van der Waals surface area (Å²) < 4.78 is 6.06. The van der Waals surface area contributed by atoms with Gasteiger partial charge in [-0.15, -0.1) is 21.6 Å². The maximum Gasteiger partial charge on any atom is 0.295 e. The highest BCUT2D eigenvalue weighted by molar-refractivity contribution is 8.00. The van der Waals surface area contributed by atoms with E-state index in [4.69, 9.17) is 10.3 Å². The van der Waals surface area contributed by atoms with Crippen LogP contribution >= 0.6 is 23.1 Å². The van der Waals surface area contributed by atoms with Gasteiger partial charge in [-0.3, -0.25) is 9.59 Å². The minimum atomic E-state index is -0.319. The smallest absolute Gasteiger partial charge is 0.295 e. The van der Waals surface area contributed by atoms with Crippen molar-refractivity contribution in [2.75, 3.05) is 25.1 Å². The first-order valence-electron chi connectivity index (χ1n) is 10.3. The number of nitrogens with two attached hydrogens (primary N) is 1. The van der Waals surface area contributed by atoms with E-state index in [1.807, 2.05) is 18.4 Å². The third-order valence-corrected chi connectivity index (χ3v) is 6.87. The number of azo groups is 1. The maximum atomic E-state index is 12.1. The summed E-state index contributed by atoms with van der Waals surface area (Å²) in [6, 6.07) is 0. The van der Waals surface area contributed by atoms with Crippen LogP contribution in [0.25, 0.3) is 10.7 Å². The molecule has 2 amide bonds. The van der Waals surface area contributed by atoms with Crippen molar-refractivity contribution in [2.24, 2.45) is 10.2 Å². The van der Waals surface area contributed by atoms with Crippen LogP contribution in [0.3, 0.4) is 0 Å². The van der Waals surface area contributed by atoms with Crippen molar-refractivity contribution < 1.29 is 14.1 Å². The zero-order chi connectivity index (χ0) is 23.2. The molecule has 0 saturated carbocycles. The third kappa shape index (κ3) is 5.54. The van der Waals surface area contributed by atoms with E-state index < -0.39 is 0 Å². The number of hydrogen-bond donors (Lipinski definition) is 3. The lowest BCUT2D eigenvalue weighted by molar-refractivity contribution is -0.121. The molecule has 2 aromatic heterocycles. The predicted octanol–water partition coefficient (Wildman–Crippen LogP) is 2.62.